The van der Waals surface area contributed by atoms with E-state index in [1.807, 2.05) is 6.08 Å². The maximum absolute atomic E-state index is 12.7. The second-order valence-corrected chi connectivity index (χ2v) is 16.0. The van der Waals surface area contributed by atoms with E-state index in [1.54, 1.807) is 0 Å². The maximum Gasteiger partial charge on any atom is 0.306 e. The fraction of sp³-hybridized carbons (Fsp3) is 0.784. The van der Waals surface area contributed by atoms with Crippen LogP contribution in [0.1, 0.15) is 239 Å². The summed E-state index contributed by atoms with van der Waals surface area (Å²) in [4.78, 5) is 37.7. The summed E-state index contributed by atoms with van der Waals surface area (Å²) in [5.74, 6) is -0.998. The van der Waals surface area contributed by atoms with E-state index in [0.29, 0.717) is 19.3 Å². The van der Waals surface area contributed by atoms with Crippen LogP contribution in [0.15, 0.2) is 48.6 Å². The van der Waals surface area contributed by atoms with Gasteiger partial charge in [0.25, 0.3) is 0 Å². The van der Waals surface area contributed by atoms with Gasteiger partial charge >= 0.3 is 17.9 Å². The standard InChI is InChI=1S/C51H90O6/c1-4-7-10-13-16-19-22-24-25-26-28-29-32-35-38-41-44-50(53)56-47-48(46-55-49(52)43-40-37-34-31-21-18-15-12-9-6-3)57-51(54)45-42-39-36-33-30-27-23-20-17-14-11-8-5-2/h25-30,36,39,48H,4-24,31-35,37-38,40-47H2,1-3H3/b26-25-,29-28-,30-27-,39-36-. The number of ether oxygens (including phenoxy) is 3. The summed E-state index contributed by atoms with van der Waals surface area (Å²) < 4.78 is 16.6. The lowest BCUT2D eigenvalue weighted by Gasteiger charge is -2.18. The summed E-state index contributed by atoms with van der Waals surface area (Å²) >= 11 is 0. The van der Waals surface area contributed by atoms with Gasteiger partial charge in [-0.3, -0.25) is 14.4 Å². The molecule has 57 heavy (non-hydrogen) atoms. The molecule has 0 rings (SSSR count). The molecule has 6 heteroatoms. The molecular formula is C51H90O6. The SMILES string of the molecule is CCCCCCCC/C=C\C/C=C\CCC(=O)OC(COC(=O)CCCCC/C=C\C=C/CCCCCCCCC)COC(=O)CCCCCCCCCCCC. The molecule has 0 spiro atoms. The van der Waals surface area contributed by atoms with Gasteiger partial charge in [-0.25, -0.2) is 0 Å². The molecule has 0 aromatic rings. The molecule has 0 aromatic heterocycles. The molecule has 0 saturated carbocycles. The molecule has 1 unspecified atom stereocenters. The van der Waals surface area contributed by atoms with Gasteiger partial charge in [0.15, 0.2) is 6.10 Å². The first-order valence-electron chi connectivity index (χ1n) is 24.2. The van der Waals surface area contributed by atoms with E-state index >= 15 is 0 Å². The van der Waals surface area contributed by atoms with Crippen LogP contribution in [0.5, 0.6) is 0 Å². The molecule has 0 saturated heterocycles. The minimum absolute atomic E-state index is 0.103. The highest BCUT2D eigenvalue weighted by Crippen LogP contribution is 2.13. The smallest absolute Gasteiger partial charge is 0.306 e. The molecule has 0 aliphatic heterocycles. The molecule has 0 bridgehead atoms. The highest BCUT2D eigenvalue weighted by atomic mass is 16.6. The second-order valence-electron chi connectivity index (χ2n) is 16.0. The van der Waals surface area contributed by atoms with Crippen molar-refractivity contribution < 1.29 is 28.6 Å². The van der Waals surface area contributed by atoms with Crippen LogP contribution < -0.4 is 0 Å². The van der Waals surface area contributed by atoms with Gasteiger partial charge in [-0.05, 0) is 64.2 Å². The van der Waals surface area contributed by atoms with Crippen molar-refractivity contribution in [2.24, 2.45) is 0 Å². The predicted octanol–water partition coefficient (Wildman–Crippen LogP) is 15.5. The molecule has 0 aliphatic rings. The van der Waals surface area contributed by atoms with E-state index in [9.17, 15) is 14.4 Å². The van der Waals surface area contributed by atoms with Crippen molar-refractivity contribution in [1.82, 2.24) is 0 Å². The van der Waals surface area contributed by atoms with Crippen molar-refractivity contribution in [2.75, 3.05) is 13.2 Å². The third kappa shape index (κ3) is 44.3. The van der Waals surface area contributed by atoms with Crippen molar-refractivity contribution in [3.8, 4) is 0 Å². The number of rotatable bonds is 43. The molecule has 330 valence electrons. The van der Waals surface area contributed by atoms with Crippen LogP contribution in [0, 0.1) is 0 Å². The molecule has 6 nitrogen and oxygen atoms in total. The number of esters is 3. The zero-order valence-electron chi connectivity index (χ0n) is 37.6. The topological polar surface area (TPSA) is 78.9 Å². The molecule has 1 atom stereocenters. The van der Waals surface area contributed by atoms with Crippen LogP contribution in [0.25, 0.3) is 0 Å². The minimum Gasteiger partial charge on any atom is -0.462 e. The summed E-state index contributed by atoms with van der Waals surface area (Å²) in [6.07, 6.45) is 53.9. The molecule has 0 heterocycles. The third-order valence-corrected chi connectivity index (χ3v) is 10.3. The van der Waals surface area contributed by atoms with Crippen LogP contribution in [0.2, 0.25) is 0 Å². The fourth-order valence-electron chi connectivity index (χ4n) is 6.66. The van der Waals surface area contributed by atoms with Crippen LogP contribution in [-0.4, -0.2) is 37.2 Å². The molecule has 0 aromatic carbocycles. The fourth-order valence-corrected chi connectivity index (χ4v) is 6.66. The van der Waals surface area contributed by atoms with Crippen LogP contribution >= 0.6 is 0 Å². The van der Waals surface area contributed by atoms with Gasteiger partial charge in [0.2, 0.25) is 0 Å². The van der Waals surface area contributed by atoms with Crippen LogP contribution in [0.4, 0.5) is 0 Å². The van der Waals surface area contributed by atoms with Crippen molar-refractivity contribution >= 4 is 17.9 Å². The molecule has 0 fully saturated rings. The Kier molecular flexibility index (Phi) is 43.9. The Morgan fingerprint density at radius 2 is 0.719 bits per heavy atom. The highest BCUT2D eigenvalue weighted by molar-refractivity contribution is 5.71. The Hall–Kier alpha value is -2.63. The Morgan fingerprint density at radius 3 is 1.16 bits per heavy atom. The molecular weight excluding hydrogens is 709 g/mol. The van der Waals surface area contributed by atoms with E-state index < -0.39 is 6.10 Å². The zero-order valence-corrected chi connectivity index (χ0v) is 37.6. The average Bonchev–Trinajstić information content (AvgIpc) is 3.21. The Balaban J connectivity index is 4.46. The van der Waals surface area contributed by atoms with Gasteiger partial charge in [-0.1, -0.05) is 204 Å². The van der Waals surface area contributed by atoms with Crippen molar-refractivity contribution in [1.29, 1.82) is 0 Å². The Bertz CT molecular complexity index is 1010. The summed E-state index contributed by atoms with van der Waals surface area (Å²) in [6.45, 7) is 6.53. The molecule has 0 aliphatic carbocycles. The van der Waals surface area contributed by atoms with E-state index in [1.165, 1.54) is 128 Å². The van der Waals surface area contributed by atoms with Gasteiger partial charge in [0.1, 0.15) is 13.2 Å². The summed E-state index contributed by atoms with van der Waals surface area (Å²) in [6, 6.07) is 0. The van der Waals surface area contributed by atoms with Gasteiger partial charge in [0, 0.05) is 19.3 Å². The van der Waals surface area contributed by atoms with Gasteiger partial charge in [-0.15, -0.1) is 0 Å². The minimum atomic E-state index is -0.809. The number of hydrogen-bond acceptors (Lipinski definition) is 6. The lowest BCUT2D eigenvalue weighted by atomic mass is 10.1. The summed E-state index contributed by atoms with van der Waals surface area (Å²) in [7, 11) is 0. The third-order valence-electron chi connectivity index (χ3n) is 10.3. The molecule has 0 radical (unpaired) electrons. The van der Waals surface area contributed by atoms with Crippen molar-refractivity contribution in [3.05, 3.63) is 48.6 Å². The monoisotopic (exact) mass is 799 g/mol. The quantitative estimate of drug-likeness (QED) is 0.0201. The maximum atomic E-state index is 12.7. The largest absolute Gasteiger partial charge is 0.462 e. The number of unbranched alkanes of at least 4 members (excludes halogenated alkanes) is 25. The first kappa shape index (κ1) is 54.4. The van der Waals surface area contributed by atoms with Gasteiger partial charge in [-0.2, -0.15) is 0 Å². The van der Waals surface area contributed by atoms with Crippen LogP contribution in [0.3, 0.4) is 0 Å². The Morgan fingerprint density at radius 1 is 0.368 bits per heavy atom. The molecule has 0 N–H and O–H groups in total. The average molecular weight is 799 g/mol. The van der Waals surface area contributed by atoms with Gasteiger partial charge in [0.05, 0.1) is 0 Å². The molecule has 0 amide bonds. The number of allylic oxidation sites excluding steroid dienone is 8. The highest BCUT2D eigenvalue weighted by Gasteiger charge is 2.19. The van der Waals surface area contributed by atoms with E-state index in [0.717, 1.165) is 64.2 Å². The van der Waals surface area contributed by atoms with Gasteiger partial charge < -0.3 is 14.2 Å². The van der Waals surface area contributed by atoms with Crippen molar-refractivity contribution in [2.45, 2.75) is 245 Å². The Labute approximate surface area is 352 Å². The first-order valence-corrected chi connectivity index (χ1v) is 24.2. The summed E-state index contributed by atoms with van der Waals surface area (Å²) in [5, 5.41) is 0. The lowest BCUT2D eigenvalue weighted by molar-refractivity contribution is -0.166. The number of hydrogen-bond donors (Lipinski definition) is 0. The van der Waals surface area contributed by atoms with Crippen LogP contribution in [-0.2, 0) is 28.6 Å². The number of carbonyl (C=O) groups excluding carboxylic acids is 3. The first-order chi connectivity index (χ1) is 28.0. The number of carbonyl (C=O) groups is 3. The van der Waals surface area contributed by atoms with Crippen molar-refractivity contribution in [3.63, 3.8) is 0 Å². The van der Waals surface area contributed by atoms with E-state index in [-0.39, 0.29) is 37.5 Å². The van der Waals surface area contributed by atoms with E-state index in [4.69, 9.17) is 14.2 Å². The predicted molar refractivity (Wildman–Crippen MR) is 242 cm³/mol. The zero-order chi connectivity index (χ0) is 41.5. The summed E-state index contributed by atoms with van der Waals surface area (Å²) in [5.41, 5.74) is 0. The second kappa shape index (κ2) is 46.1. The van der Waals surface area contributed by atoms with E-state index in [2.05, 4.69) is 63.3 Å². The normalized spacial score (nSPS) is 12.4. The lowest BCUT2D eigenvalue weighted by Crippen LogP contribution is -2.30.